The smallest absolute Gasteiger partial charge is 0.303 e. The molecule has 0 atom stereocenters. The molecule has 0 spiro atoms. The number of hydrogen-bond donors (Lipinski definition) is 1. The van der Waals surface area contributed by atoms with Crippen LogP contribution in [0.5, 0.6) is 0 Å². The Kier molecular flexibility index (Phi) is 7.31. The topological polar surface area (TPSA) is 185 Å². The molecular weight excluding hydrogens is 325 g/mol. The van der Waals surface area contributed by atoms with Gasteiger partial charge in [0.05, 0.1) is 16.3 Å². The van der Waals surface area contributed by atoms with Crippen LogP contribution in [0.2, 0.25) is 0 Å². The molecule has 14 heteroatoms. The average molecular weight is 341 g/mol. The minimum Gasteiger partial charge on any atom is -0.303 e. The van der Waals surface area contributed by atoms with Crippen molar-refractivity contribution < 1.29 is 24.1 Å². The van der Waals surface area contributed by atoms with E-state index in [1.807, 2.05) is 0 Å². The summed E-state index contributed by atoms with van der Waals surface area (Å²) in [6.07, 6.45) is -0.992. The van der Waals surface area contributed by atoms with Gasteiger partial charge in [-0.25, -0.2) is 0 Å². The van der Waals surface area contributed by atoms with Gasteiger partial charge in [0.25, 0.3) is 0 Å². The second-order valence-corrected chi connectivity index (χ2v) is 4.76. The van der Waals surface area contributed by atoms with E-state index in [-0.39, 0.29) is 6.42 Å². The molecule has 0 unspecified atom stereocenters. The van der Waals surface area contributed by atoms with Crippen molar-refractivity contribution >= 4 is 0 Å². The highest BCUT2D eigenvalue weighted by molar-refractivity contribution is 4.71. The molecule has 13 nitrogen and oxygen atoms in total. The Balaban J connectivity index is 4.89. The monoisotopic (exact) mass is 341 g/mol. The summed E-state index contributed by atoms with van der Waals surface area (Å²) in [7, 11) is 0. The Hall–Kier alpha value is -2.51. The van der Waals surface area contributed by atoms with Crippen LogP contribution in [0, 0.1) is 40.5 Å². The van der Waals surface area contributed by atoms with Gasteiger partial charge in [-0.05, 0) is 6.42 Å². The van der Waals surface area contributed by atoms with Gasteiger partial charge in [-0.3, -0.25) is 40.5 Å². The van der Waals surface area contributed by atoms with E-state index in [4.69, 9.17) is 0 Å². The lowest BCUT2D eigenvalue weighted by molar-refractivity contribution is -0.832. The SMILES string of the molecule is CCCCC(CNCCC(F)([N+](=O)[O-])[N+](=O)[O-])([N+](=O)[O-])[N+](=O)[O-]. The van der Waals surface area contributed by atoms with Crippen LogP contribution < -0.4 is 5.32 Å². The zero-order valence-electron chi connectivity index (χ0n) is 12.2. The normalized spacial score (nSPS) is 11.9. The maximum atomic E-state index is 13.5. The fraction of sp³-hybridized carbons (Fsp3) is 1.00. The van der Waals surface area contributed by atoms with Gasteiger partial charge >= 0.3 is 11.6 Å². The van der Waals surface area contributed by atoms with Gasteiger partial charge < -0.3 is 5.32 Å². The molecule has 0 radical (unpaired) electrons. The summed E-state index contributed by atoms with van der Waals surface area (Å²) in [4.78, 5) is 37.1. The van der Waals surface area contributed by atoms with E-state index in [9.17, 15) is 44.8 Å². The minimum absolute atomic E-state index is 0.181. The highest BCUT2D eigenvalue weighted by atomic mass is 19.2. The second-order valence-electron chi connectivity index (χ2n) is 4.76. The summed E-state index contributed by atoms with van der Waals surface area (Å²) in [5.74, 6) is -3.96. The van der Waals surface area contributed by atoms with Crippen LogP contribution in [0.1, 0.15) is 32.6 Å². The Bertz CT molecular complexity index is 459. The molecule has 132 valence electrons. The maximum absolute atomic E-state index is 13.5. The summed E-state index contributed by atoms with van der Waals surface area (Å²) in [5, 5.41) is 44.9. The lowest BCUT2D eigenvalue weighted by Gasteiger charge is -2.17. The molecule has 0 aliphatic carbocycles. The Labute approximate surface area is 128 Å². The predicted octanol–water partition coefficient (Wildman–Crippen LogP) is 0.583. The summed E-state index contributed by atoms with van der Waals surface area (Å²) in [6, 6.07) is 0. The molecule has 0 rings (SSSR count). The number of unbranched alkanes of at least 4 members (excludes halogenated alkanes) is 1. The molecule has 0 aromatic carbocycles. The summed E-state index contributed by atoms with van der Waals surface area (Å²) >= 11 is 0. The van der Waals surface area contributed by atoms with E-state index in [0.29, 0.717) is 6.42 Å². The number of halogens is 1. The van der Waals surface area contributed by atoms with Gasteiger partial charge in [0, 0.05) is 6.54 Å². The first-order valence-electron chi connectivity index (χ1n) is 6.52. The summed E-state index contributed by atoms with van der Waals surface area (Å²) in [6.45, 7) is 0.121. The van der Waals surface area contributed by atoms with Crippen molar-refractivity contribution in [2.75, 3.05) is 13.1 Å². The van der Waals surface area contributed by atoms with E-state index in [1.54, 1.807) is 6.92 Å². The highest BCUT2D eigenvalue weighted by Gasteiger charge is 2.58. The first-order valence-corrected chi connectivity index (χ1v) is 6.52. The van der Waals surface area contributed by atoms with Crippen molar-refractivity contribution in [3.05, 3.63) is 40.5 Å². The molecule has 0 aromatic heterocycles. The van der Waals surface area contributed by atoms with Crippen molar-refractivity contribution in [3.63, 3.8) is 0 Å². The molecule has 0 aromatic rings. The quantitative estimate of drug-likeness (QED) is 0.174. The molecule has 0 heterocycles. The third-order valence-electron chi connectivity index (χ3n) is 3.20. The summed E-state index contributed by atoms with van der Waals surface area (Å²) in [5.41, 5.74) is -2.57. The molecule has 0 bridgehead atoms. The maximum Gasteiger partial charge on any atom is 0.614 e. The van der Waals surface area contributed by atoms with Crippen molar-refractivity contribution in [2.24, 2.45) is 0 Å². The molecule has 0 aliphatic rings. The number of nitro groups is 4. The van der Waals surface area contributed by atoms with Crippen LogP contribution in [0.25, 0.3) is 0 Å². The fourth-order valence-electron chi connectivity index (χ4n) is 1.71. The third-order valence-corrected chi connectivity index (χ3v) is 3.20. The molecule has 1 N–H and O–H groups in total. The van der Waals surface area contributed by atoms with Crippen LogP contribution in [0.15, 0.2) is 0 Å². The first-order chi connectivity index (χ1) is 10.5. The van der Waals surface area contributed by atoms with E-state index >= 15 is 0 Å². The lowest BCUT2D eigenvalue weighted by Crippen LogP contribution is -2.54. The fourth-order valence-corrected chi connectivity index (χ4v) is 1.71. The molecule has 0 aliphatic heterocycles. The largest absolute Gasteiger partial charge is 0.614 e. The van der Waals surface area contributed by atoms with Gasteiger partial charge in [0.1, 0.15) is 22.8 Å². The van der Waals surface area contributed by atoms with Crippen LogP contribution in [-0.4, -0.2) is 44.4 Å². The Morgan fingerprint density at radius 3 is 1.74 bits per heavy atom. The third kappa shape index (κ3) is 4.73. The van der Waals surface area contributed by atoms with Gasteiger partial charge in [0.2, 0.25) is 0 Å². The van der Waals surface area contributed by atoms with E-state index < -0.39 is 57.2 Å². The van der Waals surface area contributed by atoms with Crippen LogP contribution >= 0.6 is 0 Å². The molecule has 0 saturated carbocycles. The van der Waals surface area contributed by atoms with Gasteiger partial charge in [0.15, 0.2) is 0 Å². The molecule has 0 amide bonds. The molecule has 0 fully saturated rings. The Morgan fingerprint density at radius 2 is 1.39 bits per heavy atom. The molecule has 0 saturated heterocycles. The number of rotatable bonds is 12. The molecular formula is C9H16FN5O8. The van der Waals surface area contributed by atoms with Crippen molar-refractivity contribution in [1.29, 1.82) is 0 Å². The highest BCUT2D eigenvalue weighted by Crippen LogP contribution is 2.20. The number of nitrogens with one attached hydrogen (secondary N) is 1. The number of alkyl halides is 1. The van der Waals surface area contributed by atoms with Gasteiger partial charge in [-0.2, -0.15) is 0 Å². The minimum atomic E-state index is -3.96. The zero-order chi connectivity index (χ0) is 18.3. The van der Waals surface area contributed by atoms with E-state index in [1.165, 1.54) is 0 Å². The Morgan fingerprint density at radius 1 is 0.913 bits per heavy atom. The zero-order valence-corrected chi connectivity index (χ0v) is 12.2. The van der Waals surface area contributed by atoms with Crippen molar-refractivity contribution in [1.82, 2.24) is 5.32 Å². The van der Waals surface area contributed by atoms with Crippen molar-refractivity contribution in [3.8, 4) is 0 Å². The van der Waals surface area contributed by atoms with E-state index in [2.05, 4.69) is 5.32 Å². The first kappa shape index (κ1) is 20.5. The predicted molar refractivity (Wildman–Crippen MR) is 71.6 cm³/mol. The molecule has 23 heavy (non-hydrogen) atoms. The lowest BCUT2D eigenvalue weighted by atomic mass is 10.0. The average Bonchev–Trinajstić information content (AvgIpc) is 2.45. The van der Waals surface area contributed by atoms with E-state index in [0.717, 1.165) is 0 Å². The van der Waals surface area contributed by atoms with Crippen LogP contribution in [0.4, 0.5) is 4.39 Å². The standard InChI is InChI=1S/C9H16FN5O8/c1-2-3-4-8(12(16)17,13(18)19)7-11-6-5-9(10,14(20)21)15(22)23/h11H,2-7H2,1H3. The second kappa shape index (κ2) is 8.21. The van der Waals surface area contributed by atoms with Gasteiger partial charge in [-0.1, -0.05) is 17.7 Å². The van der Waals surface area contributed by atoms with Crippen LogP contribution in [0.3, 0.4) is 0 Å². The van der Waals surface area contributed by atoms with Crippen LogP contribution in [-0.2, 0) is 0 Å². The number of nitrogens with zero attached hydrogens (tertiary/aromatic N) is 4. The summed E-state index contributed by atoms with van der Waals surface area (Å²) < 4.78 is 13.5. The van der Waals surface area contributed by atoms with Gasteiger partial charge in [-0.15, -0.1) is 0 Å². The van der Waals surface area contributed by atoms with Crippen molar-refractivity contribution in [2.45, 2.75) is 44.2 Å². The number of hydrogen-bond acceptors (Lipinski definition) is 9.